The number of aliphatic hydroxyl groups excluding tert-OH is 3. The number of hydrogen-bond donors (Lipinski definition) is 9. The van der Waals surface area contributed by atoms with Gasteiger partial charge in [0.05, 0.1) is 18.3 Å². The summed E-state index contributed by atoms with van der Waals surface area (Å²) in [5.74, 6) is -0.526. The van der Waals surface area contributed by atoms with E-state index >= 15 is 0 Å². The highest BCUT2D eigenvalue weighted by molar-refractivity contribution is 5.76. The number of carbonyl (C=O) groups excluding carboxylic acids is 2. The standard InChI is InChI=1S/C39H50F3N7O12/c1-21(50)45-28(46-35(61-36-32(54)31(53)27(18-43)60-36)33-34(55)38(57,20-58-33)49-17-14-30(52)47-37(49)56)10-11-29(51)44-19-22-2-6-24(7-3-22)48-15-12-26(13-16-48)59-25-8-4-23(5-9-25)39(40,41)42/h2-9,14,17,26-28,31-36,46,53-55,57H,10-13,15-16,18-20,43H2,1H3,(H,44,51)(H,45,50)(H,47,52,56)/t27-,28?,31-,32-,33+,34-,35-,36+,38-/m1/s1. The van der Waals surface area contributed by atoms with Gasteiger partial charge < -0.3 is 60.6 Å². The highest BCUT2D eigenvalue weighted by atomic mass is 19.4. The number of aliphatic hydroxyl groups is 4. The number of H-pyrrole nitrogens is 1. The first-order valence-electron chi connectivity index (χ1n) is 19.6. The molecule has 61 heavy (non-hydrogen) atoms. The minimum Gasteiger partial charge on any atom is -0.490 e. The van der Waals surface area contributed by atoms with Gasteiger partial charge in [0.2, 0.25) is 11.8 Å². The first-order chi connectivity index (χ1) is 28.9. The maximum Gasteiger partial charge on any atom is 0.416 e. The maximum absolute atomic E-state index is 13.1. The summed E-state index contributed by atoms with van der Waals surface area (Å²) >= 11 is 0. The summed E-state index contributed by atoms with van der Waals surface area (Å²) in [4.78, 5) is 53.7. The van der Waals surface area contributed by atoms with Crippen LogP contribution >= 0.6 is 0 Å². The Balaban J connectivity index is 1.03. The summed E-state index contributed by atoms with van der Waals surface area (Å²) in [6.45, 7) is 1.88. The van der Waals surface area contributed by atoms with Crippen LogP contribution in [0.5, 0.6) is 5.75 Å². The van der Waals surface area contributed by atoms with E-state index in [2.05, 4.69) is 20.9 Å². The van der Waals surface area contributed by atoms with Gasteiger partial charge in [-0.2, -0.15) is 13.2 Å². The van der Waals surface area contributed by atoms with Gasteiger partial charge in [-0.25, -0.2) is 4.79 Å². The molecule has 3 aromatic rings. The first-order valence-corrected chi connectivity index (χ1v) is 19.6. The Morgan fingerprint density at radius 3 is 2.33 bits per heavy atom. The summed E-state index contributed by atoms with van der Waals surface area (Å²) in [6, 6.07) is 13.2. The Hall–Kier alpha value is -4.91. The quantitative estimate of drug-likeness (QED) is 0.0774. The Bertz CT molecular complexity index is 2070. The van der Waals surface area contributed by atoms with Crippen LogP contribution in [0.4, 0.5) is 18.9 Å². The molecule has 0 aliphatic carbocycles. The predicted octanol–water partition coefficient (Wildman–Crippen LogP) is -1.10. The number of ether oxygens (including phenoxy) is 4. The molecule has 19 nitrogen and oxygen atoms in total. The average Bonchev–Trinajstić information content (AvgIpc) is 3.68. The number of nitrogens with two attached hydrogens (primary N) is 1. The van der Waals surface area contributed by atoms with E-state index < -0.39 is 90.4 Å². The number of halogens is 3. The van der Waals surface area contributed by atoms with Crippen molar-refractivity contribution in [2.24, 2.45) is 5.73 Å². The van der Waals surface area contributed by atoms with Crippen LogP contribution in [0.25, 0.3) is 0 Å². The molecule has 1 unspecified atom stereocenters. The fraction of sp³-hybridized carbons (Fsp3) is 0.538. The van der Waals surface area contributed by atoms with Gasteiger partial charge in [-0.1, -0.05) is 12.1 Å². The molecular formula is C39H50F3N7O12. The van der Waals surface area contributed by atoms with E-state index in [0.717, 1.165) is 35.6 Å². The number of nitrogens with zero attached hydrogens (tertiary/aromatic N) is 2. The Morgan fingerprint density at radius 2 is 1.72 bits per heavy atom. The van der Waals surface area contributed by atoms with Crippen LogP contribution in [-0.4, -0.2) is 123 Å². The smallest absolute Gasteiger partial charge is 0.416 e. The molecule has 334 valence electrons. The van der Waals surface area contributed by atoms with Gasteiger partial charge in [0.1, 0.15) is 48.6 Å². The van der Waals surface area contributed by atoms with Crippen molar-refractivity contribution in [2.45, 2.75) is 106 Å². The predicted molar refractivity (Wildman–Crippen MR) is 207 cm³/mol. The normalized spacial score (nSPS) is 26.8. The second-order valence-electron chi connectivity index (χ2n) is 15.1. The molecule has 3 aliphatic heterocycles. The van der Waals surface area contributed by atoms with Crippen LogP contribution in [0.2, 0.25) is 0 Å². The van der Waals surface area contributed by atoms with Crippen LogP contribution in [0, 0.1) is 0 Å². The highest BCUT2D eigenvalue weighted by Gasteiger charge is 2.55. The van der Waals surface area contributed by atoms with Gasteiger partial charge in [-0.3, -0.25) is 29.3 Å². The lowest BCUT2D eigenvalue weighted by atomic mass is 10.0. The zero-order valence-corrected chi connectivity index (χ0v) is 33.0. The first kappa shape index (κ1) is 45.6. The molecule has 10 N–H and O–H groups in total. The van der Waals surface area contributed by atoms with Crippen molar-refractivity contribution in [3.05, 3.63) is 92.8 Å². The molecule has 0 spiro atoms. The molecule has 0 saturated carbocycles. The molecule has 0 bridgehead atoms. The summed E-state index contributed by atoms with van der Waals surface area (Å²) < 4.78 is 62.5. The summed E-state index contributed by atoms with van der Waals surface area (Å²) in [6.07, 6.45) is -14.1. The number of piperidine rings is 1. The zero-order valence-electron chi connectivity index (χ0n) is 33.0. The van der Waals surface area contributed by atoms with Crippen LogP contribution in [0.15, 0.2) is 70.4 Å². The number of benzene rings is 2. The SMILES string of the molecule is CC(=O)NC(CCC(=O)NCc1ccc(N2CCC(Oc3ccc(C(F)(F)F)cc3)CC2)cc1)N[C@H](O[C@@H]1O[C@H](CN)[C@@H](O)[C@H]1O)[C@H]1OC[C@](O)(n2ccc(=O)[nH]c2=O)[C@@H]1O. The van der Waals surface area contributed by atoms with Gasteiger partial charge in [0.15, 0.2) is 12.0 Å². The molecule has 9 atom stereocenters. The molecule has 0 radical (unpaired) electrons. The van der Waals surface area contributed by atoms with E-state index in [9.17, 15) is 52.8 Å². The monoisotopic (exact) mass is 865 g/mol. The van der Waals surface area contributed by atoms with Gasteiger partial charge in [0, 0.05) is 70.3 Å². The fourth-order valence-electron chi connectivity index (χ4n) is 7.40. The number of nitrogens with one attached hydrogen (secondary N) is 4. The molecule has 3 saturated heterocycles. The van der Waals surface area contributed by atoms with Crippen LogP contribution in [0.3, 0.4) is 0 Å². The third kappa shape index (κ3) is 11.1. The molecule has 22 heteroatoms. The summed E-state index contributed by atoms with van der Waals surface area (Å²) in [7, 11) is 0. The van der Waals surface area contributed by atoms with E-state index in [1.54, 1.807) is 0 Å². The molecule has 2 amide bonds. The molecule has 6 rings (SSSR count). The topological polar surface area (TPSA) is 272 Å². The van der Waals surface area contributed by atoms with Gasteiger partial charge in [-0.05, 0) is 48.4 Å². The van der Waals surface area contributed by atoms with Gasteiger partial charge >= 0.3 is 11.9 Å². The van der Waals surface area contributed by atoms with Crippen molar-refractivity contribution in [1.82, 2.24) is 25.5 Å². The minimum absolute atomic E-state index is 0.0443. The minimum atomic E-state index is -4.41. The third-order valence-corrected chi connectivity index (χ3v) is 10.8. The summed E-state index contributed by atoms with van der Waals surface area (Å²) in [5.41, 5.74) is 2.46. The van der Waals surface area contributed by atoms with Crippen molar-refractivity contribution >= 4 is 17.5 Å². The maximum atomic E-state index is 13.1. The second-order valence-corrected chi connectivity index (χ2v) is 15.1. The third-order valence-electron chi connectivity index (χ3n) is 10.8. The van der Waals surface area contributed by atoms with E-state index in [0.29, 0.717) is 36.2 Å². The lowest BCUT2D eigenvalue weighted by Crippen LogP contribution is -2.60. The molecule has 1 aromatic heterocycles. The van der Waals surface area contributed by atoms with Crippen LogP contribution in [0.1, 0.15) is 43.7 Å². The van der Waals surface area contributed by atoms with E-state index in [-0.39, 0.29) is 37.9 Å². The second kappa shape index (κ2) is 19.4. The van der Waals surface area contributed by atoms with Crippen molar-refractivity contribution in [1.29, 1.82) is 0 Å². The molecule has 2 aromatic carbocycles. The number of anilines is 1. The van der Waals surface area contributed by atoms with Crippen molar-refractivity contribution in [2.75, 3.05) is 31.1 Å². The summed E-state index contributed by atoms with van der Waals surface area (Å²) in [5, 5.41) is 52.2. The van der Waals surface area contributed by atoms with E-state index in [1.165, 1.54) is 19.1 Å². The molecule has 3 fully saturated rings. The van der Waals surface area contributed by atoms with Crippen molar-refractivity contribution in [3.63, 3.8) is 0 Å². The largest absolute Gasteiger partial charge is 0.490 e. The number of hydrogen-bond acceptors (Lipinski definition) is 15. The number of carbonyl (C=O) groups is 2. The van der Waals surface area contributed by atoms with E-state index in [1.807, 2.05) is 29.2 Å². The number of amides is 2. The lowest BCUT2D eigenvalue weighted by Gasteiger charge is -2.34. The number of aromatic amines is 1. The Morgan fingerprint density at radius 1 is 1.03 bits per heavy atom. The number of rotatable bonds is 16. The highest BCUT2D eigenvalue weighted by Crippen LogP contribution is 2.34. The van der Waals surface area contributed by atoms with Gasteiger partial charge in [-0.15, -0.1) is 0 Å². The van der Waals surface area contributed by atoms with Crippen LogP contribution < -0.4 is 42.6 Å². The van der Waals surface area contributed by atoms with E-state index in [4.69, 9.17) is 24.7 Å². The van der Waals surface area contributed by atoms with Crippen LogP contribution in [-0.2, 0) is 42.2 Å². The Labute approximate surface area is 346 Å². The average molecular weight is 866 g/mol. The lowest BCUT2D eigenvalue weighted by molar-refractivity contribution is -0.227. The zero-order chi connectivity index (χ0) is 44.1. The van der Waals surface area contributed by atoms with Crippen molar-refractivity contribution < 1.29 is 62.1 Å². The molecule has 4 heterocycles. The van der Waals surface area contributed by atoms with Crippen molar-refractivity contribution in [3.8, 4) is 5.75 Å². The number of alkyl halides is 3. The molecule has 3 aliphatic rings. The fourth-order valence-corrected chi connectivity index (χ4v) is 7.40. The number of aromatic nitrogens is 2. The van der Waals surface area contributed by atoms with Gasteiger partial charge in [0.25, 0.3) is 5.56 Å². The Kier molecular flexibility index (Phi) is 14.5. The molecular weight excluding hydrogens is 815 g/mol.